The van der Waals surface area contributed by atoms with Gasteiger partial charge in [0, 0.05) is 6.20 Å². The molecule has 2 aromatic heterocycles. The van der Waals surface area contributed by atoms with Crippen LogP contribution >= 0.6 is 22.7 Å². The first kappa shape index (κ1) is 19.9. The standard InChI is InChI=1S/C7H9NO2S.C7H7NO2S.Mn.2O/c2*9-4-6-3-8-7(11-6)10-5-1-2-5;;;/h3,5,9H,1-2,4H2;3-5H,1-2H2;;;. The normalized spacial score (nSPS) is 15.1. The van der Waals surface area contributed by atoms with Crippen LogP contribution in [0.1, 0.15) is 40.2 Å². The minimum absolute atomic E-state index is 0.0612. The number of rotatable bonds is 6. The molecule has 0 amide bonds. The summed E-state index contributed by atoms with van der Waals surface area (Å²) >= 11 is 1.28. The first-order valence-corrected chi connectivity index (χ1v) is 9.97. The Kier molecular flexibility index (Phi) is 8.42. The number of nitrogens with zero attached hydrogens (tertiary/aromatic N) is 2. The third-order valence-electron chi connectivity index (χ3n) is 2.89. The van der Waals surface area contributed by atoms with Crippen LogP contribution in [0.3, 0.4) is 0 Å². The van der Waals surface area contributed by atoms with Crippen molar-refractivity contribution in [2.45, 2.75) is 44.5 Å². The van der Waals surface area contributed by atoms with Crippen molar-refractivity contribution < 1.29 is 41.9 Å². The van der Waals surface area contributed by atoms with E-state index in [1.807, 2.05) is 0 Å². The molecule has 2 heterocycles. The Balaban J connectivity index is 0.000000156. The van der Waals surface area contributed by atoms with E-state index in [1.54, 1.807) is 6.20 Å². The zero-order chi connectivity index (χ0) is 18.1. The number of aliphatic hydroxyl groups excluding tert-OH is 1. The monoisotopic (exact) mass is 427 g/mol. The van der Waals surface area contributed by atoms with Crippen LogP contribution in [0.5, 0.6) is 10.4 Å². The van der Waals surface area contributed by atoms with E-state index in [-0.39, 0.29) is 6.61 Å². The van der Waals surface area contributed by atoms with Crippen LogP contribution < -0.4 is 9.47 Å². The molecule has 0 spiro atoms. The Hall–Kier alpha value is -1.39. The van der Waals surface area contributed by atoms with E-state index in [9.17, 15) is 4.79 Å². The van der Waals surface area contributed by atoms with Crippen LogP contribution in [0.25, 0.3) is 0 Å². The third-order valence-corrected chi connectivity index (χ3v) is 4.58. The predicted octanol–water partition coefficient (Wildman–Crippen LogP) is 2.43. The number of carbonyl (C=O) groups excluding carboxylic acids is 1. The van der Waals surface area contributed by atoms with E-state index in [2.05, 4.69) is 9.97 Å². The number of aromatic nitrogens is 2. The molecule has 137 valence electrons. The van der Waals surface area contributed by atoms with Crippen molar-refractivity contribution in [1.82, 2.24) is 9.97 Å². The Bertz CT molecular complexity index is 708. The summed E-state index contributed by atoms with van der Waals surface area (Å²) in [5.41, 5.74) is 0. The van der Waals surface area contributed by atoms with Crippen LogP contribution in [0.15, 0.2) is 12.4 Å². The van der Waals surface area contributed by atoms with Crippen molar-refractivity contribution in [2.24, 2.45) is 0 Å². The van der Waals surface area contributed by atoms with Gasteiger partial charge < -0.3 is 14.6 Å². The molecule has 2 aliphatic carbocycles. The van der Waals surface area contributed by atoms with Gasteiger partial charge in [0.2, 0.25) is 0 Å². The molecule has 1 N–H and O–H groups in total. The van der Waals surface area contributed by atoms with Gasteiger partial charge in [-0.3, -0.25) is 4.79 Å². The molecule has 0 aromatic carbocycles. The minimum atomic E-state index is -1.44. The first-order chi connectivity index (χ1) is 12.2. The number of carbonyl (C=O) groups is 1. The summed E-state index contributed by atoms with van der Waals surface area (Å²) in [5, 5.41) is 10.0. The van der Waals surface area contributed by atoms with E-state index >= 15 is 0 Å². The summed E-state index contributed by atoms with van der Waals surface area (Å²) in [7, 11) is 0. The molecule has 2 aliphatic rings. The molecule has 4 rings (SSSR count). The second kappa shape index (κ2) is 10.6. The summed E-state index contributed by atoms with van der Waals surface area (Å²) in [6, 6.07) is 0. The van der Waals surface area contributed by atoms with E-state index in [4.69, 9.17) is 22.2 Å². The van der Waals surface area contributed by atoms with Gasteiger partial charge in [0.05, 0.1) is 22.6 Å². The van der Waals surface area contributed by atoms with Gasteiger partial charge in [0.1, 0.15) is 12.2 Å². The van der Waals surface area contributed by atoms with Gasteiger partial charge in [-0.25, -0.2) is 9.97 Å². The fourth-order valence-electron chi connectivity index (χ4n) is 1.45. The second-order valence-corrected chi connectivity index (χ2v) is 7.39. The van der Waals surface area contributed by atoms with Crippen molar-refractivity contribution in [3.05, 3.63) is 22.1 Å². The maximum atomic E-state index is 10.2. The fraction of sp³-hybridized carbons (Fsp3) is 0.500. The average Bonchev–Trinajstić information content (AvgIpc) is 3.50. The molecule has 0 aliphatic heterocycles. The third kappa shape index (κ3) is 8.02. The van der Waals surface area contributed by atoms with E-state index in [0.717, 1.165) is 36.8 Å². The predicted molar refractivity (Wildman–Crippen MR) is 84.2 cm³/mol. The van der Waals surface area contributed by atoms with Gasteiger partial charge in [-0.15, -0.1) is 0 Å². The van der Waals surface area contributed by atoms with Gasteiger partial charge in [-0.05, 0) is 25.7 Å². The summed E-state index contributed by atoms with van der Waals surface area (Å²) in [4.78, 5) is 19.7. The van der Waals surface area contributed by atoms with E-state index < -0.39 is 14.8 Å². The molecule has 0 unspecified atom stereocenters. The summed E-state index contributed by atoms with van der Waals surface area (Å²) < 4.78 is 27.6. The van der Waals surface area contributed by atoms with Crippen molar-refractivity contribution >= 4 is 29.0 Å². The Morgan fingerprint density at radius 3 is 2.00 bits per heavy atom. The number of aliphatic hydroxyl groups is 1. The van der Waals surface area contributed by atoms with Gasteiger partial charge in [0.15, 0.2) is 6.29 Å². The molecule has 2 saturated carbocycles. The molecule has 8 nitrogen and oxygen atoms in total. The quantitative estimate of drug-likeness (QED) is 0.552. The summed E-state index contributed by atoms with van der Waals surface area (Å²) in [6.45, 7) is 0.0612. The molecule has 0 atom stereocenters. The van der Waals surface area contributed by atoms with E-state index in [1.165, 1.54) is 28.9 Å². The number of hydrogen-bond acceptors (Lipinski definition) is 10. The molecule has 11 heteroatoms. The number of ether oxygens (including phenoxy) is 2. The van der Waals surface area contributed by atoms with E-state index in [0.29, 0.717) is 27.5 Å². The maximum absolute atomic E-state index is 10.2. The SMILES string of the molecule is O=Cc1cnc(OC2CC2)s1.OCc1cnc(OC2CC2)s1.[O]=[Mn]=[O]. The van der Waals surface area contributed by atoms with Gasteiger partial charge in [-0.2, -0.15) is 0 Å². The Morgan fingerprint density at radius 1 is 1.08 bits per heavy atom. The second-order valence-electron chi connectivity index (χ2n) is 5.09. The molecular weight excluding hydrogens is 411 g/mol. The molecule has 25 heavy (non-hydrogen) atoms. The first-order valence-electron chi connectivity index (χ1n) is 7.37. The zero-order valence-electron chi connectivity index (χ0n) is 13.0. The van der Waals surface area contributed by atoms with Crippen molar-refractivity contribution in [3.63, 3.8) is 0 Å². The average molecular weight is 427 g/mol. The molecule has 0 saturated heterocycles. The number of hydrogen-bond donors (Lipinski definition) is 1. The Morgan fingerprint density at radius 2 is 1.60 bits per heavy atom. The number of thiazole rings is 2. The molecule has 2 aromatic rings. The molecule has 0 radical (unpaired) electrons. The summed E-state index contributed by atoms with van der Waals surface area (Å²) in [5.74, 6) is 0. The van der Waals surface area contributed by atoms with Crippen molar-refractivity contribution in [3.8, 4) is 10.4 Å². The topological polar surface area (TPSA) is 116 Å². The number of aldehydes is 1. The molecule has 0 bridgehead atoms. The zero-order valence-corrected chi connectivity index (χ0v) is 15.8. The summed E-state index contributed by atoms with van der Waals surface area (Å²) in [6.07, 6.45) is 9.27. The van der Waals surface area contributed by atoms with Crippen LogP contribution in [0, 0.1) is 0 Å². The Labute approximate surface area is 157 Å². The molecule has 2 fully saturated rings. The van der Waals surface area contributed by atoms with Crippen molar-refractivity contribution in [2.75, 3.05) is 0 Å². The van der Waals surface area contributed by atoms with Crippen LogP contribution in [-0.2, 0) is 29.1 Å². The van der Waals surface area contributed by atoms with Gasteiger partial charge >= 0.3 is 22.5 Å². The van der Waals surface area contributed by atoms with Gasteiger partial charge in [-0.1, -0.05) is 22.7 Å². The van der Waals surface area contributed by atoms with Crippen LogP contribution in [-0.4, -0.2) is 33.6 Å². The van der Waals surface area contributed by atoms with Crippen molar-refractivity contribution in [1.29, 1.82) is 0 Å². The van der Waals surface area contributed by atoms with Gasteiger partial charge in [0.25, 0.3) is 10.4 Å². The molecular formula is C14H16MnN2O6S2. The fourth-order valence-corrected chi connectivity index (χ4v) is 2.78. The van der Waals surface area contributed by atoms with Crippen LogP contribution in [0.2, 0.25) is 0 Å². The van der Waals surface area contributed by atoms with Crippen LogP contribution in [0.4, 0.5) is 0 Å².